The summed E-state index contributed by atoms with van der Waals surface area (Å²) in [5, 5.41) is 0. The predicted molar refractivity (Wildman–Crippen MR) is 165 cm³/mol. The fraction of sp³-hybridized carbons (Fsp3) is 1.00. The van der Waals surface area contributed by atoms with Gasteiger partial charge in [-0.1, -0.05) is 0 Å². The molecule has 0 amide bonds. The number of hydrogen-bond donors (Lipinski definition) is 9. The van der Waals surface area contributed by atoms with Crippen LogP contribution in [0.1, 0.15) is 0 Å². The summed E-state index contributed by atoms with van der Waals surface area (Å²) in [6.07, 6.45) is -32.0. The Kier molecular flexibility index (Phi) is 19.0. The van der Waals surface area contributed by atoms with Crippen LogP contribution in [-0.2, 0) is 141 Å². The van der Waals surface area contributed by atoms with Gasteiger partial charge in [0.15, 0.2) is 12.4 Å². The normalized spacial score (nSPS) is 24.3. The summed E-state index contributed by atoms with van der Waals surface area (Å²) >= 11 is 0. The van der Waals surface area contributed by atoms with Gasteiger partial charge in [0.2, 0.25) is 0 Å². The second-order valence-electron chi connectivity index (χ2n) is 9.86. The van der Waals surface area contributed by atoms with Crippen molar-refractivity contribution in [1.29, 1.82) is 0 Å². The molecule has 47 heteroatoms. The summed E-state index contributed by atoms with van der Waals surface area (Å²) in [5.74, 6) is 0. The second kappa shape index (κ2) is 20.1. The van der Waals surface area contributed by atoms with Crippen LogP contribution >= 0.6 is 0 Å². The molecular formula is C12H24O38S9. The monoisotopic (exact) mass is 1060 g/mol. The van der Waals surface area contributed by atoms with Gasteiger partial charge in [0.1, 0.15) is 42.7 Å². The van der Waals surface area contributed by atoms with Gasteiger partial charge in [-0.25, -0.2) is 37.6 Å². The van der Waals surface area contributed by atoms with Crippen molar-refractivity contribution in [3.05, 3.63) is 0 Å². The Bertz CT molecular complexity index is 2470. The summed E-state index contributed by atoms with van der Waals surface area (Å²) in [6, 6.07) is 0. The van der Waals surface area contributed by atoms with Gasteiger partial charge >= 0.3 is 93.6 Å². The van der Waals surface area contributed by atoms with Gasteiger partial charge in [-0.15, -0.1) is 0 Å². The third kappa shape index (κ3) is 24.8. The standard InChI is InChI=1S/C12H24O38S9/c13-51(14,15)40-1-4-8(47-56(28,29)30)10(49-58(34,35)36)11(50-59(37,38)39)12(43-4)44-7(5(45-54(22,23)24)2-41-52(16,17)18)9(48-57(31,32)33)6(46-55(25,26)27)3-42-53(19,20)21/h4-12H,1-3H2,(H,13,14,15)(H,16,17,18)(H,19,20,21)(H,22,23,24)(H,25,26,27)(H,28,29,30)(H,31,32,33)(H,34,35,36)(H,37,38,39)/t4-,5-,6+,7?,8-,9-,10+,11-,12-/m1/s1. The zero-order chi connectivity index (χ0) is 46.6. The average Bonchev–Trinajstić information content (AvgIpc) is 2.92. The average molecular weight is 1060 g/mol. The molecule has 0 aromatic rings. The Labute approximate surface area is 331 Å². The van der Waals surface area contributed by atoms with E-state index in [9.17, 15) is 103 Å². The van der Waals surface area contributed by atoms with Crippen molar-refractivity contribution in [2.45, 2.75) is 55.1 Å². The highest BCUT2D eigenvalue weighted by Gasteiger charge is 2.57. The van der Waals surface area contributed by atoms with E-state index < -0.39 is 169 Å². The smallest absolute Gasteiger partial charge is 0.341 e. The van der Waals surface area contributed by atoms with Crippen LogP contribution in [0.25, 0.3) is 0 Å². The molecule has 0 saturated carbocycles. The predicted octanol–water partition coefficient (Wildman–Crippen LogP) is -7.32. The fourth-order valence-electron chi connectivity index (χ4n) is 4.00. The maximum absolute atomic E-state index is 12.0. The van der Waals surface area contributed by atoms with Crippen LogP contribution in [0.5, 0.6) is 0 Å². The van der Waals surface area contributed by atoms with E-state index in [-0.39, 0.29) is 0 Å². The van der Waals surface area contributed by atoms with Crippen LogP contribution in [0.2, 0.25) is 0 Å². The summed E-state index contributed by atoms with van der Waals surface area (Å²) in [7, 11) is -55.8. The van der Waals surface area contributed by atoms with E-state index in [4.69, 9.17) is 23.1 Å². The highest BCUT2D eigenvalue weighted by Crippen LogP contribution is 2.35. The molecule has 1 aliphatic heterocycles. The van der Waals surface area contributed by atoms with Crippen molar-refractivity contribution >= 4 is 93.6 Å². The molecule has 1 heterocycles. The van der Waals surface area contributed by atoms with Gasteiger partial charge in [0.25, 0.3) is 0 Å². The summed E-state index contributed by atoms with van der Waals surface area (Å²) in [6.45, 7) is -6.81. The molecule has 1 fully saturated rings. The van der Waals surface area contributed by atoms with Gasteiger partial charge in [-0.3, -0.25) is 41.0 Å². The highest BCUT2D eigenvalue weighted by atomic mass is 32.3. The van der Waals surface area contributed by atoms with Gasteiger partial charge < -0.3 is 9.47 Å². The van der Waals surface area contributed by atoms with Crippen LogP contribution in [0.3, 0.4) is 0 Å². The van der Waals surface area contributed by atoms with Gasteiger partial charge in [-0.2, -0.15) is 75.8 Å². The van der Waals surface area contributed by atoms with Crippen LogP contribution in [0.15, 0.2) is 0 Å². The van der Waals surface area contributed by atoms with E-state index in [1.54, 1.807) is 0 Å². The summed E-state index contributed by atoms with van der Waals surface area (Å²) < 4.78 is 338. The van der Waals surface area contributed by atoms with Crippen molar-refractivity contribution in [1.82, 2.24) is 0 Å². The molecule has 38 nitrogen and oxygen atoms in total. The Morgan fingerprint density at radius 2 is 0.729 bits per heavy atom. The molecule has 0 aromatic heterocycles. The van der Waals surface area contributed by atoms with Crippen LogP contribution in [0.4, 0.5) is 0 Å². The first-order chi connectivity index (χ1) is 25.8. The van der Waals surface area contributed by atoms with E-state index in [0.29, 0.717) is 0 Å². The van der Waals surface area contributed by atoms with E-state index in [1.807, 2.05) is 0 Å². The van der Waals surface area contributed by atoms with Crippen molar-refractivity contribution in [2.24, 2.45) is 0 Å². The number of rotatable bonds is 26. The Morgan fingerprint density at radius 1 is 0.390 bits per heavy atom. The molecule has 1 rings (SSSR count). The molecule has 0 spiro atoms. The van der Waals surface area contributed by atoms with E-state index in [1.165, 1.54) is 0 Å². The fourth-order valence-corrected chi connectivity index (χ4v) is 7.88. The van der Waals surface area contributed by atoms with Crippen LogP contribution in [0, 0.1) is 0 Å². The van der Waals surface area contributed by atoms with E-state index in [0.717, 1.165) is 0 Å². The minimum atomic E-state index is -6.48. The topological polar surface area (TPSA) is 591 Å². The third-order valence-corrected chi connectivity index (χ3v) is 9.65. The zero-order valence-corrected chi connectivity index (χ0v) is 34.2. The molecule has 1 saturated heterocycles. The van der Waals surface area contributed by atoms with Gasteiger partial charge in [-0.05, 0) is 0 Å². The minimum absolute atomic E-state index is 2.08. The third-order valence-electron chi connectivity index (χ3n) is 5.50. The van der Waals surface area contributed by atoms with E-state index in [2.05, 4.69) is 37.6 Å². The van der Waals surface area contributed by atoms with Crippen LogP contribution < -0.4 is 0 Å². The van der Waals surface area contributed by atoms with Crippen molar-refractivity contribution in [3.8, 4) is 0 Å². The molecular weight excluding hydrogens is 1040 g/mol. The van der Waals surface area contributed by atoms with Crippen LogP contribution in [-0.4, -0.2) is 192 Å². The maximum Gasteiger partial charge on any atom is 0.397 e. The highest BCUT2D eigenvalue weighted by molar-refractivity contribution is 7.82. The van der Waals surface area contributed by atoms with E-state index >= 15 is 0 Å². The molecule has 1 unspecified atom stereocenters. The Hall–Kier alpha value is -1.25. The molecule has 1 aliphatic rings. The zero-order valence-electron chi connectivity index (χ0n) is 26.9. The lowest BCUT2D eigenvalue weighted by molar-refractivity contribution is -0.313. The summed E-state index contributed by atoms with van der Waals surface area (Å²) in [4.78, 5) is 0. The first-order valence-corrected chi connectivity index (χ1v) is 25.2. The van der Waals surface area contributed by atoms with Crippen molar-refractivity contribution < 1.29 is 164 Å². The molecule has 59 heavy (non-hydrogen) atoms. The molecule has 0 aromatic carbocycles. The number of ether oxygens (including phenoxy) is 2. The van der Waals surface area contributed by atoms with Gasteiger partial charge in [0.05, 0.1) is 19.8 Å². The minimum Gasteiger partial charge on any atom is -0.341 e. The molecule has 0 radical (unpaired) electrons. The first-order valence-electron chi connectivity index (χ1n) is 12.9. The Morgan fingerprint density at radius 3 is 1.07 bits per heavy atom. The lowest BCUT2D eigenvalue weighted by atomic mass is 9.98. The summed E-state index contributed by atoms with van der Waals surface area (Å²) in [5.41, 5.74) is 0. The lowest BCUT2D eigenvalue weighted by Crippen LogP contribution is -2.65. The first kappa shape index (κ1) is 55.8. The quantitative estimate of drug-likeness (QED) is 0.0363. The largest absolute Gasteiger partial charge is 0.397 e. The second-order valence-corrected chi connectivity index (χ2v) is 19.4. The SMILES string of the molecule is O=S(=O)(O)OC[C@H](OS(=O)(=O)O)[C@@H](OS(=O)(=O)O)C(O[C@H]1O[C@H](COS(=O)(=O)O)[C@@H](OS(=O)(=O)O)[C@H](OS(=O)(=O)O)[C@H]1OS(=O)(=O)O)[C@@H](COS(=O)(=O)O)OS(=O)(=O)O. The van der Waals surface area contributed by atoms with Crippen molar-refractivity contribution in [2.75, 3.05) is 19.8 Å². The van der Waals surface area contributed by atoms with Gasteiger partial charge in [0, 0.05) is 0 Å². The maximum atomic E-state index is 12.0. The molecule has 354 valence electrons. The molecule has 9 N–H and O–H groups in total. The molecule has 0 bridgehead atoms. The number of hydrogen-bond acceptors (Lipinski definition) is 29. The molecule has 9 atom stereocenters. The Balaban J connectivity index is 4.57. The van der Waals surface area contributed by atoms with Crippen molar-refractivity contribution in [3.63, 3.8) is 0 Å². The lowest BCUT2D eigenvalue weighted by Gasteiger charge is -2.45. The molecule has 0 aliphatic carbocycles.